The summed E-state index contributed by atoms with van der Waals surface area (Å²) < 4.78 is 10.4. The van der Waals surface area contributed by atoms with Crippen molar-refractivity contribution in [2.75, 3.05) is 7.11 Å². The third-order valence-electron chi connectivity index (χ3n) is 3.41. The number of benzene rings is 2. The van der Waals surface area contributed by atoms with Gasteiger partial charge in [-0.15, -0.1) is 0 Å². The lowest BCUT2D eigenvalue weighted by molar-refractivity contribution is -0.121. The number of hydrazone groups is 1. The van der Waals surface area contributed by atoms with Gasteiger partial charge in [-0.2, -0.15) is 5.10 Å². The SMILES string of the molecule is COc1ccc(C(=O)Oc2ccc(C=NNC(=O)CC(C)C)cc2)cc1. The molecule has 0 fully saturated rings. The summed E-state index contributed by atoms with van der Waals surface area (Å²) in [5, 5.41) is 3.90. The van der Waals surface area contributed by atoms with Gasteiger partial charge < -0.3 is 9.47 Å². The van der Waals surface area contributed by atoms with E-state index in [1.807, 2.05) is 13.8 Å². The Bertz CT molecular complexity index is 765. The zero-order valence-electron chi connectivity index (χ0n) is 15.1. The third kappa shape index (κ3) is 6.05. The quantitative estimate of drug-likeness (QED) is 0.358. The van der Waals surface area contributed by atoms with Crippen LogP contribution in [0.1, 0.15) is 36.2 Å². The fourth-order valence-electron chi connectivity index (χ4n) is 2.11. The minimum Gasteiger partial charge on any atom is -0.497 e. The van der Waals surface area contributed by atoms with Crippen LogP contribution in [0.25, 0.3) is 0 Å². The summed E-state index contributed by atoms with van der Waals surface area (Å²) in [6.45, 7) is 3.94. The summed E-state index contributed by atoms with van der Waals surface area (Å²) in [5.74, 6) is 0.804. The molecule has 1 N–H and O–H groups in total. The Balaban J connectivity index is 1.90. The molecule has 2 rings (SSSR count). The lowest BCUT2D eigenvalue weighted by atomic mass is 10.1. The van der Waals surface area contributed by atoms with Crippen molar-refractivity contribution in [1.29, 1.82) is 0 Å². The molecule has 0 saturated carbocycles. The molecule has 0 aliphatic rings. The van der Waals surface area contributed by atoms with Gasteiger partial charge in [-0.1, -0.05) is 13.8 Å². The molecule has 0 aromatic heterocycles. The first-order valence-corrected chi connectivity index (χ1v) is 8.26. The van der Waals surface area contributed by atoms with Gasteiger partial charge in [0.1, 0.15) is 11.5 Å². The highest BCUT2D eigenvalue weighted by atomic mass is 16.5. The summed E-state index contributed by atoms with van der Waals surface area (Å²) in [7, 11) is 1.56. The molecule has 2 aromatic carbocycles. The molecule has 0 spiro atoms. The summed E-state index contributed by atoms with van der Waals surface area (Å²) >= 11 is 0. The highest BCUT2D eigenvalue weighted by Crippen LogP contribution is 2.16. The molecule has 6 nitrogen and oxygen atoms in total. The van der Waals surface area contributed by atoms with E-state index in [1.165, 1.54) is 6.21 Å². The minimum atomic E-state index is -0.449. The largest absolute Gasteiger partial charge is 0.497 e. The lowest BCUT2D eigenvalue weighted by Crippen LogP contribution is -2.19. The molecule has 2 aromatic rings. The van der Waals surface area contributed by atoms with Gasteiger partial charge in [-0.25, -0.2) is 10.2 Å². The average Bonchev–Trinajstić information content (AvgIpc) is 2.62. The van der Waals surface area contributed by atoms with Crippen LogP contribution in [0.4, 0.5) is 0 Å². The molecule has 1 amide bonds. The maximum Gasteiger partial charge on any atom is 0.343 e. The van der Waals surface area contributed by atoms with Crippen molar-refractivity contribution in [1.82, 2.24) is 5.43 Å². The second-order valence-corrected chi connectivity index (χ2v) is 6.08. The third-order valence-corrected chi connectivity index (χ3v) is 3.41. The van der Waals surface area contributed by atoms with E-state index in [2.05, 4.69) is 10.5 Å². The molecule has 6 heteroatoms. The maximum absolute atomic E-state index is 12.1. The topological polar surface area (TPSA) is 77.0 Å². The monoisotopic (exact) mass is 354 g/mol. The number of nitrogens with one attached hydrogen (secondary N) is 1. The number of nitrogens with zero attached hydrogens (tertiary/aromatic N) is 1. The number of methoxy groups -OCH3 is 1. The molecule has 0 aliphatic carbocycles. The van der Waals surface area contributed by atoms with Crippen LogP contribution in [0.15, 0.2) is 53.6 Å². The second kappa shape index (κ2) is 9.36. The van der Waals surface area contributed by atoms with Crippen molar-refractivity contribution >= 4 is 18.1 Å². The highest BCUT2D eigenvalue weighted by molar-refractivity contribution is 5.91. The van der Waals surface area contributed by atoms with E-state index in [-0.39, 0.29) is 11.8 Å². The number of carbonyl (C=O) groups is 2. The number of hydrogen-bond acceptors (Lipinski definition) is 5. The number of ether oxygens (including phenoxy) is 2. The first-order chi connectivity index (χ1) is 12.5. The van der Waals surface area contributed by atoms with Gasteiger partial charge in [-0.3, -0.25) is 4.79 Å². The van der Waals surface area contributed by atoms with Crippen molar-refractivity contribution in [2.45, 2.75) is 20.3 Å². The Morgan fingerprint density at radius 2 is 1.65 bits per heavy atom. The van der Waals surface area contributed by atoms with E-state index in [4.69, 9.17) is 9.47 Å². The molecule has 26 heavy (non-hydrogen) atoms. The maximum atomic E-state index is 12.1. The molecule has 0 unspecified atom stereocenters. The van der Waals surface area contributed by atoms with Crippen LogP contribution < -0.4 is 14.9 Å². The molecule has 0 radical (unpaired) electrons. The Morgan fingerprint density at radius 3 is 2.23 bits per heavy atom. The zero-order valence-corrected chi connectivity index (χ0v) is 15.1. The van der Waals surface area contributed by atoms with Gasteiger partial charge >= 0.3 is 5.97 Å². The number of amides is 1. The number of rotatable bonds is 7. The smallest absolute Gasteiger partial charge is 0.343 e. The van der Waals surface area contributed by atoms with E-state index >= 15 is 0 Å². The van der Waals surface area contributed by atoms with Crippen molar-refractivity contribution in [3.63, 3.8) is 0 Å². The van der Waals surface area contributed by atoms with Crippen LogP contribution in [0.2, 0.25) is 0 Å². The Morgan fingerprint density at radius 1 is 1.04 bits per heavy atom. The summed E-state index contributed by atoms with van der Waals surface area (Å²) in [4.78, 5) is 23.6. The van der Waals surface area contributed by atoms with Gasteiger partial charge in [0.2, 0.25) is 5.91 Å². The summed E-state index contributed by atoms with van der Waals surface area (Å²) in [5.41, 5.74) is 3.69. The lowest BCUT2D eigenvalue weighted by Gasteiger charge is -2.05. The van der Waals surface area contributed by atoms with Crippen LogP contribution in [-0.4, -0.2) is 25.2 Å². The number of esters is 1. The van der Waals surface area contributed by atoms with Crippen LogP contribution >= 0.6 is 0 Å². The Kier molecular flexibility index (Phi) is 6.91. The van der Waals surface area contributed by atoms with Crippen LogP contribution in [-0.2, 0) is 4.79 Å². The van der Waals surface area contributed by atoms with E-state index < -0.39 is 5.97 Å². The van der Waals surface area contributed by atoms with Gasteiger partial charge in [0.05, 0.1) is 18.9 Å². The van der Waals surface area contributed by atoms with Gasteiger partial charge in [0.25, 0.3) is 0 Å². The van der Waals surface area contributed by atoms with E-state index in [0.29, 0.717) is 23.5 Å². The van der Waals surface area contributed by atoms with Crippen molar-refractivity contribution in [3.8, 4) is 11.5 Å². The normalized spacial score (nSPS) is 10.8. The summed E-state index contributed by atoms with van der Waals surface area (Å²) in [6, 6.07) is 13.5. The molecular weight excluding hydrogens is 332 g/mol. The standard InChI is InChI=1S/C20H22N2O4/c1-14(2)12-19(23)22-21-13-15-4-8-18(9-5-15)26-20(24)16-6-10-17(25-3)11-7-16/h4-11,13-14H,12H2,1-3H3,(H,22,23). The molecule has 136 valence electrons. The van der Waals surface area contributed by atoms with Gasteiger partial charge in [0, 0.05) is 6.42 Å². The average molecular weight is 354 g/mol. The van der Waals surface area contributed by atoms with Gasteiger partial charge in [-0.05, 0) is 60.0 Å². The van der Waals surface area contributed by atoms with Crippen LogP contribution in [0, 0.1) is 5.92 Å². The first kappa shape index (κ1) is 19.2. The van der Waals surface area contributed by atoms with Crippen LogP contribution in [0.3, 0.4) is 0 Å². The van der Waals surface area contributed by atoms with E-state index in [0.717, 1.165) is 5.56 Å². The van der Waals surface area contributed by atoms with Crippen molar-refractivity contribution < 1.29 is 19.1 Å². The van der Waals surface area contributed by atoms with Crippen molar-refractivity contribution in [2.24, 2.45) is 11.0 Å². The Hall–Kier alpha value is -3.15. The fraction of sp³-hybridized carbons (Fsp3) is 0.250. The number of hydrogen-bond donors (Lipinski definition) is 1. The molecule has 0 heterocycles. The highest BCUT2D eigenvalue weighted by Gasteiger charge is 2.08. The van der Waals surface area contributed by atoms with Crippen molar-refractivity contribution in [3.05, 3.63) is 59.7 Å². The number of carbonyl (C=O) groups excluding carboxylic acids is 2. The molecular formula is C20H22N2O4. The predicted octanol–water partition coefficient (Wildman–Crippen LogP) is 3.41. The van der Waals surface area contributed by atoms with E-state index in [9.17, 15) is 9.59 Å². The fourth-order valence-corrected chi connectivity index (χ4v) is 2.11. The Labute approximate surface area is 152 Å². The second-order valence-electron chi connectivity index (χ2n) is 6.08. The van der Waals surface area contributed by atoms with E-state index in [1.54, 1.807) is 55.6 Å². The van der Waals surface area contributed by atoms with Crippen LogP contribution in [0.5, 0.6) is 11.5 Å². The summed E-state index contributed by atoms with van der Waals surface area (Å²) in [6.07, 6.45) is 1.96. The predicted molar refractivity (Wildman–Crippen MR) is 99.6 cm³/mol. The zero-order chi connectivity index (χ0) is 18.9. The first-order valence-electron chi connectivity index (χ1n) is 8.26. The molecule has 0 aliphatic heterocycles. The molecule has 0 saturated heterocycles. The molecule has 0 bridgehead atoms. The van der Waals surface area contributed by atoms with Gasteiger partial charge in [0.15, 0.2) is 0 Å². The minimum absolute atomic E-state index is 0.124. The molecule has 0 atom stereocenters.